The Morgan fingerprint density at radius 1 is 0.944 bits per heavy atom. The van der Waals surface area contributed by atoms with Gasteiger partial charge in [0.1, 0.15) is 5.75 Å². The van der Waals surface area contributed by atoms with Crippen molar-refractivity contribution in [3.05, 3.63) is 59.7 Å². The van der Waals surface area contributed by atoms with E-state index in [-0.39, 0.29) is 5.41 Å². The third kappa shape index (κ3) is 2.19. The highest BCUT2D eigenvalue weighted by atomic mass is 16.5. The summed E-state index contributed by atoms with van der Waals surface area (Å²) in [5, 5.41) is 0. The molecule has 0 aliphatic rings. The molecule has 0 fully saturated rings. The third-order valence-electron chi connectivity index (χ3n) is 3.45. The maximum Gasteiger partial charge on any atom is 0.141 e. The van der Waals surface area contributed by atoms with E-state index in [1.54, 1.807) is 7.11 Å². The second-order valence-electron chi connectivity index (χ2n) is 4.95. The van der Waals surface area contributed by atoms with Crippen molar-refractivity contribution >= 4 is 5.69 Å². The standard InChI is InChI=1S/C16H19NO/c1-16(2,12-7-5-4-6-8-12)13-9-10-15(18-3)14(17)11-13/h4-11H,17H2,1-3H3. The molecule has 0 amide bonds. The second kappa shape index (κ2) is 4.73. The number of methoxy groups -OCH3 is 1. The summed E-state index contributed by atoms with van der Waals surface area (Å²) in [6.45, 7) is 4.40. The average Bonchev–Trinajstić information content (AvgIpc) is 2.39. The average molecular weight is 241 g/mol. The Balaban J connectivity index is 2.45. The molecular formula is C16H19NO. The second-order valence-corrected chi connectivity index (χ2v) is 4.95. The van der Waals surface area contributed by atoms with Crippen LogP contribution in [0.5, 0.6) is 5.75 Å². The van der Waals surface area contributed by atoms with Crippen LogP contribution in [0.1, 0.15) is 25.0 Å². The Labute approximate surface area is 108 Å². The smallest absolute Gasteiger partial charge is 0.141 e. The summed E-state index contributed by atoms with van der Waals surface area (Å²) in [5.74, 6) is 0.725. The lowest BCUT2D eigenvalue weighted by atomic mass is 9.78. The molecule has 0 atom stereocenters. The van der Waals surface area contributed by atoms with Gasteiger partial charge in [-0.2, -0.15) is 0 Å². The van der Waals surface area contributed by atoms with Crippen LogP contribution in [-0.4, -0.2) is 7.11 Å². The number of nitrogens with two attached hydrogens (primary N) is 1. The van der Waals surface area contributed by atoms with Crippen LogP contribution in [-0.2, 0) is 5.41 Å². The van der Waals surface area contributed by atoms with Gasteiger partial charge in [-0.1, -0.05) is 50.2 Å². The van der Waals surface area contributed by atoms with E-state index >= 15 is 0 Å². The number of benzene rings is 2. The molecule has 2 N–H and O–H groups in total. The molecule has 2 aromatic rings. The van der Waals surface area contributed by atoms with Crippen LogP contribution in [0.4, 0.5) is 5.69 Å². The van der Waals surface area contributed by atoms with E-state index < -0.39 is 0 Å². The van der Waals surface area contributed by atoms with Gasteiger partial charge in [-0.3, -0.25) is 0 Å². The van der Waals surface area contributed by atoms with Crippen LogP contribution in [0.2, 0.25) is 0 Å². The first kappa shape index (κ1) is 12.5. The zero-order chi connectivity index (χ0) is 13.2. The Morgan fingerprint density at radius 2 is 1.61 bits per heavy atom. The van der Waals surface area contributed by atoms with Gasteiger partial charge in [0.15, 0.2) is 0 Å². The van der Waals surface area contributed by atoms with E-state index in [4.69, 9.17) is 10.5 Å². The van der Waals surface area contributed by atoms with Gasteiger partial charge in [0.25, 0.3) is 0 Å². The molecular weight excluding hydrogens is 222 g/mol. The van der Waals surface area contributed by atoms with Gasteiger partial charge in [-0.25, -0.2) is 0 Å². The monoisotopic (exact) mass is 241 g/mol. The normalized spacial score (nSPS) is 11.3. The molecule has 0 radical (unpaired) electrons. The van der Waals surface area contributed by atoms with Crippen molar-refractivity contribution in [3.63, 3.8) is 0 Å². The van der Waals surface area contributed by atoms with Crippen LogP contribution < -0.4 is 10.5 Å². The van der Waals surface area contributed by atoms with E-state index in [1.165, 1.54) is 11.1 Å². The lowest BCUT2D eigenvalue weighted by Crippen LogP contribution is -2.19. The lowest BCUT2D eigenvalue weighted by molar-refractivity contribution is 0.416. The van der Waals surface area contributed by atoms with Crippen LogP contribution >= 0.6 is 0 Å². The highest BCUT2D eigenvalue weighted by molar-refractivity contribution is 5.56. The van der Waals surface area contributed by atoms with Crippen molar-refractivity contribution in [2.75, 3.05) is 12.8 Å². The van der Waals surface area contributed by atoms with Gasteiger partial charge >= 0.3 is 0 Å². The molecule has 0 heterocycles. The summed E-state index contributed by atoms with van der Waals surface area (Å²) in [6, 6.07) is 16.4. The fourth-order valence-corrected chi connectivity index (χ4v) is 2.14. The van der Waals surface area contributed by atoms with Crippen molar-refractivity contribution in [2.24, 2.45) is 0 Å². The molecule has 0 saturated heterocycles. The maximum atomic E-state index is 5.98. The molecule has 0 spiro atoms. The Morgan fingerprint density at radius 3 is 2.17 bits per heavy atom. The van der Waals surface area contributed by atoms with Crippen LogP contribution in [0.3, 0.4) is 0 Å². The van der Waals surface area contributed by atoms with E-state index in [2.05, 4.69) is 44.2 Å². The fourth-order valence-electron chi connectivity index (χ4n) is 2.14. The molecule has 94 valence electrons. The molecule has 2 rings (SSSR count). The molecule has 0 unspecified atom stereocenters. The minimum atomic E-state index is -0.0678. The van der Waals surface area contributed by atoms with Crippen molar-refractivity contribution in [1.29, 1.82) is 0 Å². The molecule has 0 saturated carbocycles. The molecule has 2 heteroatoms. The summed E-state index contributed by atoms with van der Waals surface area (Å²) >= 11 is 0. The summed E-state index contributed by atoms with van der Waals surface area (Å²) in [6.07, 6.45) is 0. The SMILES string of the molecule is COc1ccc(C(C)(C)c2ccccc2)cc1N. The predicted molar refractivity (Wildman–Crippen MR) is 76.0 cm³/mol. The molecule has 18 heavy (non-hydrogen) atoms. The number of ether oxygens (including phenoxy) is 1. The van der Waals surface area contributed by atoms with E-state index in [0.717, 1.165) is 5.75 Å². The lowest BCUT2D eigenvalue weighted by Gasteiger charge is -2.26. The van der Waals surface area contributed by atoms with Gasteiger partial charge in [0.2, 0.25) is 0 Å². The Kier molecular flexibility index (Phi) is 3.28. The number of rotatable bonds is 3. The van der Waals surface area contributed by atoms with Gasteiger partial charge in [-0.15, -0.1) is 0 Å². The van der Waals surface area contributed by atoms with Crippen LogP contribution in [0.15, 0.2) is 48.5 Å². The highest BCUT2D eigenvalue weighted by Gasteiger charge is 2.23. The van der Waals surface area contributed by atoms with Crippen molar-refractivity contribution in [3.8, 4) is 5.75 Å². The number of nitrogen functional groups attached to an aromatic ring is 1. The molecule has 2 aromatic carbocycles. The summed E-state index contributed by atoms with van der Waals surface area (Å²) < 4.78 is 5.19. The van der Waals surface area contributed by atoms with Crippen molar-refractivity contribution in [2.45, 2.75) is 19.3 Å². The number of anilines is 1. The number of hydrogen-bond acceptors (Lipinski definition) is 2. The predicted octanol–water partition coefficient (Wildman–Crippen LogP) is 3.60. The highest BCUT2D eigenvalue weighted by Crippen LogP contribution is 2.34. The minimum absolute atomic E-state index is 0.0678. The van der Waals surface area contributed by atoms with Gasteiger partial charge in [0, 0.05) is 5.41 Å². The summed E-state index contributed by atoms with van der Waals surface area (Å²) in [7, 11) is 1.63. The van der Waals surface area contributed by atoms with Gasteiger partial charge in [0.05, 0.1) is 12.8 Å². The van der Waals surface area contributed by atoms with Crippen LogP contribution in [0, 0.1) is 0 Å². The van der Waals surface area contributed by atoms with Gasteiger partial charge < -0.3 is 10.5 Å². The van der Waals surface area contributed by atoms with E-state index in [1.807, 2.05) is 18.2 Å². The van der Waals surface area contributed by atoms with Crippen molar-refractivity contribution < 1.29 is 4.74 Å². The summed E-state index contributed by atoms with van der Waals surface area (Å²) in [5.41, 5.74) is 9.05. The third-order valence-corrected chi connectivity index (χ3v) is 3.45. The molecule has 0 aromatic heterocycles. The maximum absolute atomic E-state index is 5.98. The van der Waals surface area contributed by atoms with Gasteiger partial charge in [-0.05, 0) is 23.3 Å². The van der Waals surface area contributed by atoms with E-state index in [9.17, 15) is 0 Å². The van der Waals surface area contributed by atoms with E-state index in [0.29, 0.717) is 5.69 Å². The zero-order valence-corrected chi connectivity index (χ0v) is 11.1. The largest absolute Gasteiger partial charge is 0.495 e. The Bertz CT molecular complexity index is 532. The molecule has 0 aliphatic carbocycles. The minimum Gasteiger partial charge on any atom is -0.495 e. The first-order valence-electron chi connectivity index (χ1n) is 6.05. The summed E-state index contributed by atoms with van der Waals surface area (Å²) in [4.78, 5) is 0. The van der Waals surface area contributed by atoms with Crippen molar-refractivity contribution in [1.82, 2.24) is 0 Å². The first-order chi connectivity index (χ1) is 8.55. The fraction of sp³-hybridized carbons (Fsp3) is 0.250. The first-order valence-corrected chi connectivity index (χ1v) is 6.05. The Hall–Kier alpha value is -1.96. The quantitative estimate of drug-likeness (QED) is 0.833. The molecule has 2 nitrogen and oxygen atoms in total. The van der Waals surface area contributed by atoms with Crippen LogP contribution in [0.25, 0.3) is 0 Å². The molecule has 0 aliphatic heterocycles. The number of hydrogen-bond donors (Lipinski definition) is 1. The molecule has 0 bridgehead atoms. The zero-order valence-electron chi connectivity index (χ0n) is 11.1. The topological polar surface area (TPSA) is 35.2 Å².